The molecule has 1 fully saturated rings. The topological polar surface area (TPSA) is 73.0 Å². The Morgan fingerprint density at radius 1 is 1.10 bits per heavy atom. The zero-order valence-electron chi connectivity index (χ0n) is 18.1. The van der Waals surface area contributed by atoms with Crippen LogP contribution in [0, 0.1) is 6.92 Å². The lowest BCUT2D eigenvalue weighted by molar-refractivity contribution is -0.132. The van der Waals surface area contributed by atoms with E-state index in [-0.39, 0.29) is 17.7 Å². The fourth-order valence-corrected chi connectivity index (χ4v) is 3.62. The summed E-state index contributed by atoms with van der Waals surface area (Å²) >= 11 is 0. The molecule has 160 valence electrons. The molecule has 29 heavy (non-hydrogen) atoms. The third-order valence-electron chi connectivity index (χ3n) is 5.37. The van der Waals surface area contributed by atoms with E-state index in [2.05, 4.69) is 10.2 Å². The van der Waals surface area contributed by atoms with Gasteiger partial charge in [-0.2, -0.15) is 0 Å². The SMILES string of the molecule is CCN(CC)C(=O)CN1CCCN(C(=O)C(C)NC(=O)c2cccc(C)c2)CC1. The van der Waals surface area contributed by atoms with Crippen molar-refractivity contribution < 1.29 is 14.4 Å². The summed E-state index contributed by atoms with van der Waals surface area (Å²) in [5, 5.41) is 2.81. The summed E-state index contributed by atoms with van der Waals surface area (Å²) in [5.74, 6) is -0.188. The maximum absolute atomic E-state index is 12.8. The fraction of sp³-hybridized carbons (Fsp3) is 0.591. The molecule has 1 atom stereocenters. The molecule has 7 nitrogen and oxygen atoms in total. The first kappa shape index (κ1) is 22.9. The summed E-state index contributed by atoms with van der Waals surface area (Å²) in [6, 6.07) is 6.73. The Kier molecular flexibility index (Phi) is 8.64. The van der Waals surface area contributed by atoms with Gasteiger partial charge < -0.3 is 15.1 Å². The van der Waals surface area contributed by atoms with Gasteiger partial charge in [0, 0.05) is 44.8 Å². The van der Waals surface area contributed by atoms with Crippen LogP contribution < -0.4 is 5.32 Å². The number of amides is 3. The number of likely N-dealkylation sites (N-methyl/N-ethyl adjacent to an activating group) is 1. The number of rotatable bonds is 7. The van der Waals surface area contributed by atoms with Crippen molar-refractivity contribution in [2.45, 2.75) is 40.2 Å². The molecule has 1 N–H and O–H groups in total. The maximum atomic E-state index is 12.8. The molecule has 0 bridgehead atoms. The summed E-state index contributed by atoms with van der Waals surface area (Å²) < 4.78 is 0. The molecule has 1 aliphatic heterocycles. The molecule has 1 aromatic rings. The molecule has 1 aliphatic rings. The number of aryl methyl sites for hydroxylation is 1. The second-order valence-corrected chi connectivity index (χ2v) is 7.59. The van der Waals surface area contributed by atoms with Gasteiger partial charge in [-0.05, 0) is 46.2 Å². The minimum absolute atomic E-state index is 0.0806. The van der Waals surface area contributed by atoms with Crippen molar-refractivity contribution in [3.63, 3.8) is 0 Å². The summed E-state index contributed by atoms with van der Waals surface area (Å²) in [5.41, 5.74) is 1.56. The van der Waals surface area contributed by atoms with Crippen molar-refractivity contribution in [1.82, 2.24) is 20.0 Å². The van der Waals surface area contributed by atoms with Gasteiger partial charge in [-0.25, -0.2) is 0 Å². The van der Waals surface area contributed by atoms with E-state index in [1.165, 1.54) is 0 Å². The highest BCUT2D eigenvalue weighted by molar-refractivity contribution is 5.97. The lowest BCUT2D eigenvalue weighted by atomic mass is 10.1. The van der Waals surface area contributed by atoms with Gasteiger partial charge in [0.25, 0.3) is 5.91 Å². The van der Waals surface area contributed by atoms with Crippen molar-refractivity contribution in [3.8, 4) is 0 Å². The average Bonchev–Trinajstić information content (AvgIpc) is 2.93. The molecular weight excluding hydrogens is 368 g/mol. The lowest BCUT2D eigenvalue weighted by Gasteiger charge is -2.26. The molecule has 0 aliphatic carbocycles. The number of carbonyl (C=O) groups excluding carboxylic acids is 3. The van der Waals surface area contributed by atoms with Gasteiger partial charge in [-0.1, -0.05) is 17.7 Å². The number of benzene rings is 1. The minimum Gasteiger partial charge on any atom is -0.342 e. The molecule has 2 rings (SSSR count). The maximum Gasteiger partial charge on any atom is 0.251 e. The molecule has 1 aromatic carbocycles. The Bertz CT molecular complexity index is 718. The fourth-order valence-electron chi connectivity index (χ4n) is 3.62. The van der Waals surface area contributed by atoms with Crippen molar-refractivity contribution in [2.75, 3.05) is 45.8 Å². The van der Waals surface area contributed by atoms with E-state index >= 15 is 0 Å². The largest absolute Gasteiger partial charge is 0.342 e. The molecule has 1 saturated heterocycles. The smallest absolute Gasteiger partial charge is 0.251 e. The zero-order chi connectivity index (χ0) is 21.4. The second-order valence-electron chi connectivity index (χ2n) is 7.59. The Labute approximate surface area is 174 Å². The number of hydrogen-bond acceptors (Lipinski definition) is 4. The predicted octanol–water partition coefficient (Wildman–Crippen LogP) is 1.52. The Balaban J connectivity index is 1.88. The van der Waals surface area contributed by atoms with E-state index in [4.69, 9.17) is 0 Å². The summed E-state index contributed by atoms with van der Waals surface area (Å²) in [4.78, 5) is 43.3. The molecule has 1 unspecified atom stereocenters. The average molecular weight is 403 g/mol. The standard InChI is InChI=1S/C22H34N4O3/c1-5-25(6-2)20(27)16-24-11-8-12-26(14-13-24)22(29)18(4)23-21(28)19-10-7-9-17(3)15-19/h7,9-10,15,18H,5-6,8,11-14,16H2,1-4H3,(H,23,28). The van der Waals surface area contributed by atoms with Crippen LogP contribution in [0.2, 0.25) is 0 Å². The normalized spacial score (nSPS) is 16.1. The Morgan fingerprint density at radius 3 is 2.48 bits per heavy atom. The number of carbonyl (C=O) groups is 3. The number of hydrogen-bond donors (Lipinski definition) is 1. The van der Waals surface area contributed by atoms with E-state index in [0.29, 0.717) is 44.8 Å². The third-order valence-corrected chi connectivity index (χ3v) is 5.37. The first-order valence-corrected chi connectivity index (χ1v) is 10.5. The first-order chi connectivity index (χ1) is 13.8. The lowest BCUT2D eigenvalue weighted by Crippen LogP contribution is -2.48. The van der Waals surface area contributed by atoms with Crippen molar-refractivity contribution in [1.29, 1.82) is 0 Å². The van der Waals surface area contributed by atoms with E-state index in [9.17, 15) is 14.4 Å². The first-order valence-electron chi connectivity index (χ1n) is 10.5. The van der Waals surface area contributed by atoms with Crippen LogP contribution in [0.3, 0.4) is 0 Å². The minimum atomic E-state index is -0.591. The van der Waals surface area contributed by atoms with Gasteiger partial charge in [-0.15, -0.1) is 0 Å². The molecular formula is C22H34N4O3. The van der Waals surface area contributed by atoms with E-state index < -0.39 is 6.04 Å². The Hall–Kier alpha value is -2.41. The van der Waals surface area contributed by atoms with Crippen molar-refractivity contribution >= 4 is 17.7 Å². The van der Waals surface area contributed by atoms with Gasteiger partial charge in [-0.3, -0.25) is 19.3 Å². The van der Waals surface area contributed by atoms with Crippen LogP contribution in [0.1, 0.15) is 43.1 Å². The molecule has 0 aromatic heterocycles. The van der Waals surface area contributed by atoms with Gasteiger partial charge in [0.1, 0.15) is 6.04 Å². The molecule has 0 radical (unpaired) electrons. The van der Waals surface area contributed by atoms with Gasteiger partial charge >= 0.3 is 0 Å². The van der Waals surface area contributed by atoms with Gasteiger partial charge in [0.05, 0.1) is 6.54 Å². The van der Waals surface area contributed by atoms with E-state index in [1.807, 2.05) is 43.9 Å². The molecule has 0 saturated carbocycles. The van der Waals surface area contributed by atoms with Crippen LogP contribution in [-0.2, 0) is 9.59 Å². The van der Waals surface area contributed by atoms with Crippen LogP contribution in [0.25, 0.3) is 0 Å². The van der Waals surface area contributed by atoms with Crippen LogP contribution in [0.15, 0.2) is 24.3 Å². The number of nitrogens with zero attached hydrogens (tertiary/aromatic N) is 3. The molecule has 1 heterocycles. The predicted molar refractivity (Wildman–Crippen MR) is 114 cm³/mol. The second kappa shape index (κ2) is 11.0. The summed E-state index contributed by atoms with van der Waals surface area (Å²) in [7, 11) is 0. The highest BCUT2D eigenvalue weighted by Gasteiger charge is 2.26. The third kappa shape index (κ3) is 6.56. The van der Waals surface area contributed by atoms with Crippen LogP contribution in [-0.4, -0.2) is 84.3 Å². The van der Waals surface area contributed by atoms with E-state index in [0.717, 1.165) is 18.5 Å². The van der Waals surface area contributed by atoms with E-state index in [1.54, 1.807) is 17.9 Å². The quantitative estimate of drug-likeness (QED) is 0.751. The highest BCUT2D eigenvalue weighted by Crippen LogP contribution is 2.08. The molecule has 0 spiro atoms. The van der Waals surface area contributed by atoms with Crippen LogP contribution >= 0.6 is 0 Å². The zero-order valence-corrected chi connectivity index (χ0v) is 18.1. The van der Waals surface area contributed by atoms with Gasteiger partial charge in [0.15, 0.2) is 0 Å². The summed E-state index contributed by atoms with van der Waals surface area (Å²) in [6.45, 7) is 12.1. The number of nitrogens with one attached hydrogen (secondary N) is 1. The highest BCUT2D eigenvalue weighted by atomic mass is 16.2. The molecule has 7 heteroatoms. The van der Waals surface area contributed by atoms with Crippen LogP contribution in [0.5, 0.6) is 0 Å². The van der Waals surface area contributed by atoms with Crippen molar-refractivity contribution in [2.24, 2.45) is 0 Å². The summed E-state index contributed by atoms with van der Waals surface area (Å²) in [6.07, 6.45) is 0.815. The van der Waals surface area contributed by atoms with Gasteiger partial charge in [0.2, 0.25) is 11.8 Å². The van der Waals surface area contributed by atoms with Crippen LogP contribution in [0.4, 0.5) is 0 Å². The Morgan fingerprint density at radius 2 is 1.83 bits per heavy atom. The van der Waals surface area contributed by atoms with Crippen molar-refractivity contribution in [3.05, 3.63) is 35.4 Å². The molecule has 3 amide bonds. The monoisotopic (exact) mass is 402 g/mol.